The highest BCUT2D eigenvalue weighted by Crippen LogP contribution is 2.37. The normalized spacial score (nSPS) is 11.6. The molecule has 4 nitrogen and oxygen atoms in total. The van der Waals surface area contributed by atoms with Gasteiger partial charge in [0.25, 0.3) is 0 Å². The second-order valence-electron chi connectivity index (χ2n) is 5.64. The monoisotopic (exact) mass is 447 g/mol. The minimum atomic E-state index is -0.357. The molecule has 1 atom stereocenters. The van der Waals surface area contributed by atoms with Crippen molar-refractivity contribution < 1.29 is 9.47 Å². The SMILES string of the molecule is CC(N=O)c1ccc(CCOc2c(Cl)cc(OCC=C(Cl)Cl)cc2Cl)cc1. The molecule has 27 heavy (non-hydrogen) atoms. The molecule has 144 valence electrons. The van der Waals surface area contributed by atoms with Crippen LogP contribution in [0.1, 0.15) is 24.1 Å². The van der Waals surface area contributed by atoms with Crippen molar-refractivity contribution in [2.24, 2.45) is 5.18 Å². The Morgan fingerprint density at radius 2 is 1.74 bits per heavy atom. The van der Waals surface area contributed by atoms with E-state index in [-0.39, 0.29) is 17.1 Å². The van der Waals surface area contributed by atoms with E-state index in [1.807, 2.05) is 24.3 Å². The quantitative estimate of drug-likeness (QED) is 0.383. The third-order valence-electron chi connectivity index (χ3n) is 3.72. The van der Waals surface area contributed by atoms with Gasteiger partial charge in [-0.3, -0.25) is 0 Å². The van der Waals surface area contributed by atoms with Crippen molar-refractivity contribution in [2.75, 3.05) is 13.2 Å². The van der Waals surface area contributed by atoms with Crippen LogP contribution < -0.4 is 9.47 Å². The summed E-state index contributed by atoms with van der Waals surface area (Å²) < 4.78 is 11.3. The smallest absolute Gasteiger partial charge is 0.156 e. The number of hydrogen-bond donors (Lipinski definition) is 0. The summed E-state index contributed by atoms with van der Waals surface area (Å²) in [5.74, 6) is 0.878. The fourth-order valence-electron chi connectivity index (χ4n) is 2.25. The predicted molar refractivity (Wildman–Crippen MR) is 112 cm³/mol. The number of nitroso groups, excluding NO2 is 1. The maximum atomic E-state index is 10.6. The van der Waals surface area contributed by atoms with E-state index >= 15 is 0 Å². The molecule has 0 aromatic heterocycles. The van der Waals surface area contributed by atoms with E-state index in [0.717, 1.165) is 11.1 Å². The molecule has 0 bridgehead atoms. The molecule has 0 spiro atoms. The molecule has 2 rings (SSSR count). The standard InChI is InChI=1S/C19H17Cl4NO3/c1-12(24-25)14-4-2-13(3-5-14)6-8-27-19-16(20)10-15(11-17(19)21)26-9-7-18(22)23/h2-5,7,10-12H,6,8-9H2,1H3. The van der Waals surface area contributed by atoms with Gasteiger partial charge in [0.2, 0.25) is 0 Å². The van der Waals surface area contributed by atoms with E-state index < -0.39 is 0 Å². The largest absolute Gasteiger partial charge is 0.490 e. The van der Waals surface area contributed by atoms with Gasteiger partial charge in [0, 0.05) is 18.6 Å². The lowest BCUT2D eigenvalue weighted by Gasteiger charge is -2.12. The van der Waals surface area contributed by atoms with Crippen LogP contribution in [0.15, 0.2) is 52.1 Å². The van der Waals surface area contributed by atoms with Crippen molar-refractivity contribution in [1.29, 1.82) is 0 Å². The van der Waals surface area contributed by atoms with Crippen LogP contribution in [0.2, 0.25) is 10.0 Å². The maximum Gasteiger partial charge on any atom is 0.156 e. The molecule has 0 radical (unpaired) electrons. The van der Waals surface area contributed by atoms with Crippen LogP contribution in [0.4, 0.5) is 0 Å². The van der Waals surface area contributed by atoms with Gasteiger partial charge in [-0.1, -0.05) is 75.8 Å². The zero-order valence-electron chi connectivity index (χ0n) is 14.4. The van der Waals surface area contributed by atoms with Crippen molar-refractivity contribution in [1.82, 2.24) is 0 Å². The zero-order chi connectivity index (χ0) is 19.8. The van der Waals surface area contributed by atoms with Gasteiger partial charge in [-0.05, 0) is 24.1 Å². The number of halogens is 4. The van der Waals surface area contributed by atoms with Gasteiger partial charge in [-0.2, -0.15) is 4.91 Å². The minimum Gasteiger partial charge on any atom is -0.490 e. The van der Waals surface area contributed by atoms with Gasteiger partial charge < -0.3 is 9.47 Å². The third-order valence-corrected chi connectivity index (χ3v) is 4.59. The Balaban J connectivity index is 1.93. The highest BCUT2D eigenvalue weighted by molar-refractivity contribution is 6.55. The Bertz CT molecular complexity index is 782. The maximum absolute atomic E-state index is 10.6. The Morgan fingerprint density at radius 1 is 1.11 bits per heavy atom. The molecule has 8 heteroatoms. The van der Waals surface area contributed by atoms with Gasteiger partial charge in [0.1, 0.15) is 22.9 Å². The van der Waals surface area contributed by atoms with Crippen LogP contribution in [-0.4, -0.2) is 13.2 Å². The fourth-order valence-corrected chi connectivity index (χ4v) is 2.96. The molecule has 0 aliphatic rings. The second kappa shape index (κ2) is 10.8. The first-order valence-corrected chi connectivity index (χ1v) is 9.59. The van der Waals surface area contributed by atoms with Crippen LogP contribution in [0.3, 0.4) is 0 Å². The van der Waals surface area contributed by atoms with Crippen molar-refractivity contribution in [3.05, 3.63) is 73.0 Å². The van der Waals surface area contributed by atoms with E-state index in [0.29, 0.717) is 34.6 Å². The second-order valence-corrected chi connectivity index (χ2v) is 7.46. The summed E-state index contributed by atoms with van der Waals surface area (Å²) in [6, 6.07) is 10.5. The van der Waals surface area contributed by atoms with E-state index in [4.69, 9.17) is 55.9 Å². The molecular weight excluding hydrogens is 432 g/mol. The van der Waals surface area contributed by atoms with Gasteiger partial charge in [-0.25, -0.2) is 0 Å². The summed E-state index contributed by atoms with van der Waals surface area (Å²) in [7, 11) is 0. The van der Waals surface area contributed by atoms with Crippen LogP contribution in [0.25, 0.3) is 0 Å². The average molecular weight is 449 g/mol. The van der Waals surface area contributed by atoms with Crippen LogP contribution >= 0.6 is 46.4 Å². The molecule has 1 unspecified atom stereocenters. The summed E-state index contributed by atoms with van der Waals surface area (Å²) in [6.07, 6.45) is 2.17. The number of nitrogens with zero attached hydrogens (tertiary/aromatic N) is 1. The van der Waals surface area contributed by atoms with E-state index in [9.17, 15) is 4.91 Å². The van der Waals surface area contributed by atoms with Crippen LogP contribution in [0.5, 0.6) is 11.5 Å². The summed E-state index contributed by atoms with van der Waals surface area (Å²) in [6.45, 7) is 2.34. The molecule has 0 amide bonds. The van der Waals surface area contributed by atoms with E-state index in [1.54, 1.807) is 19.1 Å². The lowest BCUT2D eigenvalue weighted by molar-refractivity contribution is 0.320. The summed E-state index contributed by atoms with van der Waals surface area (Å²) in [5.41, 5.74) is 1.94. The fraction of sp³-hybridized carbons (Fsp3) is 0.263. The number of ether oxygens (including phenoxy) is 2. The van der Waals surface area contributed by atoms with Crippen LogP contribution in [0, 0.1) is 4.91 Å². The summed E-state index contributed by atoms with van der Waals surface area (Å²) in [5, 5.41) is 3.71. The van der Waals surface area contributed by atoms with Gasteiger partial charge in [0.05, 0.1) is 16.7 Å². The minimum absolute atomic E-state index is 0.122. The molecule has 0 saturated carbocycles. The lowest BCUT2D eigenvalue weighted by Crippen LogP contribution is -2.03. The van der Waals surface area contributed by atoms with Gasteiger partial charge in [0.15, 0.2) is 5.75 Å². The molecule has 0 saturated heterocycles. The predicted octanol–water partition coefficient (Wildman–Crippen LogP) is 7.14. The van der Waals surface area contributed by atoms with Crippen LogP contribution in [-0.2, 0) is 6.42 Å². The Kier molecular flexibility index (Phi) is 8.71. The van der Waals surface area contributed by atoms with Gasteiger partial charge in [-0.15, -0.1) is 0 Å². The first kappa shape index (κ1) is 21.8. The highest BCUT2D eigenvalue weighted by atomic mass is 35.5. The topological polar surface area (TPSA) is 47.9 Å². The molecule has 0 fully saturated rings. The average Bonchev–Trinajstić information content (AvgIpc) is 2.63. The van der Waals surface area contributed by atoms with Crippen molar-refractivity contribution in [3.8, 4) is 11.5 Å². The number of benzene rings is 2. The van der Waals surface area contributed by atoms with Crippen molar-refractivity contribution in [2.45, 2.75) is 19.4 Å². The highest BCUT2D eigenvalue weighted by Gasteiger charge is 2.11. The first-order valence-electron chi connectivity index (χ1n) is 8.07. The van der Waals surface area contributed by atoms with Gasteiger partial charge >= 0.3 is 0 Å². The molecule has 0 N–H and O–H groups in total. The third kappa shape index (κ3) is 6.89. The molecule has 0 aliphatic carbocycles. The zero-order valence-corrected chi connectivity index (χ0v) is 17.4. The van der Waals surface area contributed by atoms with E-state index in [2.05, 4.69) is 5.18 Å². The number of rotatable bonds is 9. The lowest BCUT2D eigenvalue weighted by atomic mass is 10.1. The molecule has 2 aromatic carbocycles. The molecule has 2 aromatic rings. The van der Waals surface area contributed by atoms with E-state index in [1.165, 1.54) is 6.08 Å². The Labute approximate surface area is 177 Å². The molecular formula is C19H17Cl4NO3. The van der Waals surface area contributed by atoms with Crippen molar-refractivity contribution >= 4 is 46.4 Å². The molecule has 0 heterocycles. The Morgan fingerprint density at radius 3 is 2.30 bits per heavy atom. The molecule has 0 aliphatic heterocycles. The summed E-state index contributed by atoms with van der Waals surface area (Å²) >= 11 is 23.5. The Hall–Kier alpha value is -1.46. The first-order chi connectivity index (χ1) is 12.9. The summed E-state index contributed by atoms with van der Waals surface area (Å²) in [4.78, 5) is 10.6. The van der Waals surface area contributed by atoms with Crippen molar-refractivity contribution in [3.63, 3.8) is 0 Å². The number of hydrogen-bond acceptors (Lipinski definition) is 4.